The average Bonchev–Trinajstić information content (AvgIpc) is 2.77. The summed E-state index contributed by atoms with van der Waals surface area (Å²) in [5, 5.41) is 13.5. The van der Waals surface area contributed by atoms with Crippen LogP contribution in [0.25, 0.3) is 0 Å². The summed E-state index contributed by atoms with van der Waals surface area (Å²) in [6, 6.07) is 4.11. The molecular weight excluding hydrogens is 226 g/mol. The first-order valence-corrected chi connectivity index (χ1v) is 5.88. The molecule has 1 aliphatic heterocycles. The molecular formula is C12H16ClNO2. The van der Waals surface area contributed by atoms with E-state index in [2.05, 4.69) is 5.32 Å². The summed E-state index contributed by atoms with van der Waals surface area (Å²) in [7, 11) is 1.55. The number of hydrogen-bond donors (Lipinski definition) is 2. The minimum absolute atomic E-state index is 0.0414. The van der Waals surface area contributed by atoms with Gasteiger partial charge in [0.2, 0.25) is 0 Å². The number of aromatic hydroxyl groups is 1. The number of benzene rings is 1. The van der Waals surface area contributed by atoms with Crippen molar-refractivity contribution in [3.63, 3.8) is 0 Å². The molecule has 3 nitrogen and oxygen atoms in total. The van der Waals surface area contributed by atoms with Gasteiger partial charge in [-0.1, -0.05) is 17.7 Å². The average molecular weight is 242 g/mol. The Bertz CT molecular complexity index is 376. The number of hydrogen-bond acceptors (Lipinski definition) is 3. The zero-order valence-electron chi connectivity index (χ0n) is 9.29. The van der Waals surface area contributed by atoms with E-state index in [0.717, 1.165) is 18.5 Å². The fraction of sp³-hybridized carbons (Fsp3) is 0.500. The van der Waals surface area contributed by atoms with Crippen molar-refractivity contribution in [2.75, 3.05) is 13.7 Å². The van der Waals surface area contributed by atoms with E-state index < -0.39 is 0 Å². The normalized spacial score (nSPS) is 20.0. The fourth-order valence-electron chi connectivity index (χ4n) is 2.17. The maximum atomic E-state index is 9.77. The van der Waals surface area contributed by atoms with Gasteiger partial charge < -0.3 is 15.2 Å². The number of halogens is 1. The van der Waals surface area contributed by atoms with Gasteiger partial charge in [-0.3, -0.25) is 0 Å². The van der Waals surface area contributed by atoms with E-state index in [0.29, 0.717) is 16.8 Å². The van der Waals surface area contributed by atoms with Gasteiger partial charge in [0.25, 0.3) is 0 Å². The standard InChI is InChI=1S/C12H16ClNO2/c1-16-12-8(4-5-10(13)11(12)15)7-9-3-2-6-14-9/h4-5,9,14-15H,2-3,6-7H2,1H3. The first kappa shape index (κ1) is 11.6. The summed E-state index contributed by atoms with van der Waals surface area (Å²) < 4.78 is 5.21. The minimum atomic E-state index is 0.0414. The van der Waals surface area contributed by atoms with Crippen molar-refractivity contribution in [3.8, 4) is 11.5 Å². The van der Waals surface area contributed by atoms with Crippen molar-refractivity contribution in [3.05, 3.63) is 22.7 Å². The van der Waals surface area contributed by atoms with Crippen LogP contribution in [-0.2, 0) is 6.42 Å². The second-order valence-corrected chi connectivity index (χ2v) is 4.49. The molecule has 0 bridgehead atoms. The lowest BCUT2D eigenvalue weighted by Crippen LogP contribution is -2.23. The summed E-state index contributed by atoms with van der Waals surface area (Å²) in [5.74, 6) is 0.542. The highest BCUT2D eigenvalue weighted by Crippen LogP contribution is 2.37. The van der Waals surface area contributed by atoms with Gasteiger partial charge in [0.15, 0.2) is 11.5 Å². The van der Waals surface area contributed by atoms with Crippen LogP contribution in [0, 0.1) is 0 Å². The van der Waals surface area contributed by atoms with Crippen molar-refractivity contribution >= 4 is 11.6 Å². The molecule has 1 aromatic carbocycles. The van der Waals surface area contributed by atoms with Crippen molar-refractivity contribution in [2.24, 2.45) is 0 Å². The smallest absolute Gasteiger partial charge is 0.177 e. The summed E-state index contributed by atoms with van der Waals surface area (Å²) in [4.78, 5) is 0. The highest BCUT2D eigenvalue weighted by Gasteiger charge is 2.19. The van der Waals surface area contributed by atoms with Crippen molar-refractivity contribution in [2.45, 2.75) is 25.3 Å². The van der Waals surface area contributed by atoms with Crippen LogP contribution in [0.1, 0.15) is 18.4 Å². The van der Waals surface area contributed by atoms with Gasteiger partial charge in [-0.2, -0.15) is 0 Å². The Morgan fingerprint density at radius 1 is 1.56 bits per heavy atom. The van der Waals surface area contributed by atoms with Crippen LogP contribution in [0.2, 0.25) is 5.02 Å². The first-order chi connectivity index (χ1) is 7.72. The van der Waals surface area contributed by atoms with E-state index in [4.69, 9.17) is 16.3 Å². The van der Waals surface area contributed by atoms with Crippen LogP contribution in [-0.4, -0.2) is 24.8 Å². The molecule has 1 heterocycles. The molecule has 1 aliphatic rings. The van der Waals surface area contributed by atoms with Crippen molar-refractivity contribution in [1.29, 1.82) is 0 Å². The number of nitrogens with one attached hydrogen (secondary N) is 1. The molecule has 1 aromatic rings. The minimum Gasteiger partial charge on any atom is -0.503 e. The van der Waals surface area contributed by atoms with Crippen LogP contribution < -0.4 is 10.1 Å². The highest BCUT2D eigenvalue weighted by molar-refractivity contribution is 6.32. The summed E-state index contributed by atoms with van der Waals surface area (Å²) in [6.45, 7) is 1.08. The van der Waals surface area contributed by atoms with Gasteiger partial charge in [-0.15, -0.1) is 0 Å². The number of phenols is 1. The summed E-state index contributed by atoms with van der Waals surface area (Å²) in [5.41, 5.74) is 1.00. The Morgan fingerprint density at radius 2 is 2.38 bits per heavy atom. The number of ether oxygens (including phenoxy) is 1. The quantitative estimate of drug-likeness (QED) is 0.854. The maximum Gasteiger partial charge on any atom is 0.177 e. The predicted molar refractivity (Wildman–Crippen MR) is 64.4 cm³/mol. The fourth-order valence-corrected chi connectivity index (χ4v) is 2.32. The topological polar surface area (TPSA) is 41.5 Å². The molecule has 2 rings (SSSR count). The lowest BCUT2D eigenvalue weighted by Gasteiger charge is -2.15. The van der Waals surface area contributed by atoms with Crippen LogP contribution in [0.15, 0.2) is 12.1 Å². The summed E-state index contributed by atoms with van der Waals surface area (Å²) >= 11 is 5.84. The van der Waals surface area contributed by atoms with Gasteiger partial charge >= 0.3 is 0 Å². The summed E-state index contributed by atoms with van der Waals surface area (Å²) in [6.07, 6.45) is 3.26. The van der Waals surface area contributed by atoms with E-state index in [1.54, 1.807) is 13.2 Å². The first-order valence-electron chi connectivity index (χ1n) is 5.50. The molecule has 16 heavy (non-hydrogen) atoms. The van der Waals surface area contributed by atoms with E-state index in [1.807, 2.05) is 6.07 Å². The lowest BCUT2D eigenvalue weighted by molar-refractivity contribution is 0.367. The second kappa shape index (κ2) is 4.93. The SMILES string of the molecule is COc1c(CC2CCCN2)ccc(Cl)c1O. The van der Waals surface area contributed by atoms with Crippen LogP contribution in [0.4, 0.5) is 0 Å². The Kier molecular flexibility index (Phi) is 3.56. The van der Waals surface area contributed by atoms with E-state index >= 15 is 0 Å². The molecule has 0 radical (unpaired) electrons. The maximum absolute atomic E-state index is 9.77. The molecule has 0 spiro atoms. The second-order valence-electron chi connectivity index (χ2n) is 4.09. The van der Waals surface area contributed by atoms with Gasteiger partial charge in [-0.25, -0.2) is 0 Å². The molecule has 1 saturated heterocycles. The third-order valence-electron chi connectivity index (χ3n) is 3.00. The molecule has 4 heteroatoms. The van der Waals surface area contributed by atoms with Gasteiger partial charge in [0.1, 0.15) is 0 Å². The Balaban J connectivity index is 2.22. The third-order valence-corrected chi connectivity index (χ3v) is 3.30. The van der Waals surface area contributed by atoms with Crippen LogP contribution >= 0.6 is 11.6 Å². The number of phenolic OH excluding ortho intramolecular Hbond substituents is 1. The van der Waals surface area contributed by atoms with Crippen molar-refractivity contribution in [1.82, 2.24) is 5.32 Å². The Morgan fingerprint density at radius 3 is 3.00 bits per heavy atom. The molecule has 1 unspecified atom stereocenters. The molecule has 0 saturated carbocycles. The van der Waals surface area contributed by atoms with Gasteiger partial charge in [0.05, 0.1) is 12.1 Å². The molecule has 0 aromatic heterocycles. The Hall–Kier alpha value is -0.930. The number of rotatable bonds is 3. The zero-order chi connectivity index (χ0) is 11.5. The molecule has 2 N–H and O–H groups in total. The van der Waals surface area contributed by atoms with Crippen LogP contribution in [0.3, 0.4) is 0 Å². The molecule has 88 valence electrons. The van der Waals surface area contributed by atoms with E-state index in [-0.39, 0.29) is 5.75 Å². The van der Waals surface area contributed by atoms with Crippen LogP contribution in [0.5, 0.6) is 11.5 Å². The number of methoxy groups -OCH3 is 1. The molecule has 0 aliphatic carbocycles. The highest BCUT2D eigenvalue weighted by atomic mass is 35.5. The molecule has 1 fully saturated rings. The molecule has 1 atom stereocenters. The van der Waals surface area contributed by atoms with Crippen molar-refractivity contribution < 1.29 is 9.84 Å². The predicted octanol–water partition coefficient (Wildman–Crippen LogP) is 2.35. The lowest BCUT2D eigenvalue weighted by atomic mass is 10.0. The third kappa shape index (κ3) is 2.25. The van der Waals surface area contributed by atoms with E-state index in [1.165, 1.54) is 12.8 Å². The van der Waals surface area contributed by atoms with Gasteiger partial charge in [-0.05, 0) is 37.4 Å². The van der Waals surface area contributed by atoms with E-state index in [9.17, 15) is 5.11 Å². The van der Waals surface area contributed by atoms with Gasteiger partial charge in [0, 0.05) is 6.04 Å². The molecule has 0 amide bonds. The Labute approximate surface area is 100 Å². The largest absolute Gasteiger partial charge is 0.503 e. The monoisotopic (exact) mass is 241 g/mol. The zero-order valence-corrected chi connectivity index (χ0v) is 10.0.